The summed E-state index contributed by atoms with van der Waals surface area (Å²) in [6.45, 7) is 0.191. The van der Waals surface area contributed by atoms with Gasteiger partial charge in [-0.15, -0.1) is 0 Å². The van der Waals surface area contributed by atoms with Crippen LogP contribution in [0.4, 0.5) is 17.6 Å². The van der Waals surface area contributed by atoms with Crippen molar-refractivity contribution in [1.82, 2.24) is 9.80 Å². The smallest absolute Gasteiger partial charge is 0.259 e. The summed E-state index contributed by atoms with van der Waals surface area (Å²) >= 11 is 0. The minimum atomic E-state index is -1.15. The second kappa shape index (κ2) is 7.58. The molecule has 0 unspecified atom stereocenters. The van der Waals surface area contributed by atoms with Gasteiger partial charge >= 0.3 is 0 Å². The van der Waals surface area contributed by atoms with Crippen LogP contribution in [0.2, 0.25) is 0 Å². The normalized spacial score (nSPS) is 24.3. The van der Waals surface area contributed by atoms with Gasteiger partial charge in [-0.05, 0) is 42.7 Å². The summed E-state index contributed by atoms with van der Waals surface area (Å²) in [4.78, 5) is 28.9. The van der Waals surface area contributed by atoms with Crippen molar-refractivity contribution in [3.8, 4) is 0 Å². The number of fused-ring (bicyclic) bond motifs is 1. The van der Waals surface area contributed by atoms with Crippen molar-refractivity contribution >= 4 is 11.8 Å². The fourth-order valence-electron chi connectivity index (χ4n) is 5.07. The number of nitrogens with zero attached hydrogens (tertiary/aromatic N) is 2. The molecule has 0 radical (unpaired) electrons. The van der Waals surface area contributed by atoms with Crippen molar-refractivity contribution < 1.29 is 31.9 Å². The first kappa shape index (κ1) is 20.9. The summed E-state index contributed by atoms with van der Waals surface area (Å²) in [6, 6.07) is 5.96. The Morgan fingerprint density at radius 2 is 1.59 bits per heavy atom. The van der Waals surface area contributed by atoms with Crippen molar-refractivity contribution in [3.05, 3.63) is 70.8 Å². The van der Waals surface area contributed by atoms with E-state index in [1.165, 1.54) is 23.1 Å². The second-order valence-electron chi connectivity index (χ2n) is 8.46. The van der Waals surface area contributed by atoms with Crippen LogP contribution >= 0.6 is 0 Å². The molecule has 3 aliphatic heterocycles. The molecule has 2 aromatic rings. The van der Waals surface area contributed by atoms with Crippen LogP contribution < -0.4 is 0 Å². The first-order valence-corrected chi connectivity index (χ1v) is 10.5. The highest BCUT2D eigenvalue weighted by Crippen LogP contribution is 2.47. The third-order valence-electron chi connectivity index (χ3n) is 6.62. The van der Waals surface area contributed by atoms with Gasteiger partial charge in [0.25, 0.3) is 11.8 Å². The van der Waals surface area contributed by atoms with Gasteiger partial charge in [-0.25, -0.2) is 17.6 Å². The molecule has 2 amide bonds. The van der Waals surface area contributed by atoms with E-state index in [-0.39, 0.29) is 31.8 Å². The Hall–Kier alpha value is -2.94. The van der Waals surface area contributed by atoms with Crippen molar-refractivity contribution in [2.45, 2.75) is 43.6 Å². The highest BCUT2D eigenvalue weighted by Gasteiger charge is 2.58. The number of carbonyl (C=O) groups excluding carboxylic acids is 2. The number of piperidine rings is 1. The Labute approximate surface area is 181 Å². The molecule has 0 aromatic heterocycles. The van der Waals surface area contributed by atoms with Gasteiger partial charge in [-0.3, -0.25) is 9.59 Å². The molecule has 0 saturated carbocycles. The number of carbonyl (C=O) groups is 2. The molecule has 3 fully saturated rings. The van der Waals surface area contributed by atoms with Crippen molar-refractivity contribution in [2.75, 3.05) is 13.1 Å². The van der Waals surface area contributed by atoms with Crippen LogP contribution in [0.1, 0.15) is 47.6 Å². The van der Waals surface area contributed by atoms with Gasteiger partial charge in [0.15, 0.2) is 5.60 Å². The number of likely N-dealkylation sites (tertiary alicyclic amines) is 1. The average Bonchev–Trinajstić information content (AvgIpc) is 3.26. The number of hydrogen-bond donors (Lipinski definition) is 0. The fourth-order valence-corrected chi connectivity index (χ4v) is 5.07. The summed E-state index contributed by atoms with van der Waals surface area (Å²) in [5, 5.41) is 0. The third kappa shape index (κ3) is 3.26. The SMILES string of the molecule is O=C(c1c(F)cccc1F)N1CCC2(CC1)O[C@@H]1CC[C@@H](c3cc(F)cc(F)c3)N1C2=O. The molecule has 1 spiro atoms. The number of amides is 2. The van der Waals surface area contributed by atoms with Crippen LogP contribution in [0.15, 0.2) is 36.4 Å². The Morgan fingerprint density at radius 3 is 2.22 bits per heavy atom. The molecule has 9 heteroatoms. The first-order chi connectivity index (χ1) is 15.3. The van der Waals surface area contributed by atoms with Gasteiger partial charge in [0.2, 0.25) is 0 Å². The van der Waals surface area contributed by atoms with Gasteiger partial charge < -0.3 is 14.5 Å². The average molecular weight is 448 g/mol. The molecule has 3 heterocycles. The van der Waals surface area contributed by atoms with Crippen LogP contribution in [0.3, 0.4) is 0 Å². The van der Waals surface area contributed by atoms with Crippen LogP contribution in [0.25, 0.3) is 0 Å². The Balaban J connectivity index is 1.33. The fraction of sp³-hybridized carbons (Fsp3) is 0.391. The van der Waals surface area contributed by atoms with E-state index in [0.29, 0.717) is 18.4 Å². The zero-order valence-corrected chi connectivity index (χ0v) is 17.0. The van der Waals surface area contributed by atoms with E-state index >= 15 is 0 Å². The van der Waals surface area contributed by atoms with E-state index in [4.69, 9.17) is 4.74 Å². The Bertz CT molecular complexity index is 1060. The molecule has 3 aliphatic rings. The van der Waals surface area contributed by atoms with Gasteiger partial charge in [0.1, 0.15) is 35.1 Å². The quantitative estimate of drug-likeness (QED) is 0.654. The standard InChI is InChI=1S/C23H20F4N2O3/c24-14-10-13(11-15(25)12-14)18-4-5-19-29(18)22(31)23(32-19)6-8-28(9-7-23)21(30)20-16(26)2-1-3-17(20)27/h1-3,10-12,18-19H,4-9H2/t18-,19+/m0/s1. The molecular weight excluding hydrogens is 428 g/mol. The van der Waals surface area contributed by atoms with Crippen LogP contribution in [0, 0.1) is 23.3 Å². The molecule has 168 valence electrons. The summed E-state index contributed by atoms with van der Waals surface area (Å²) < 4.78 is 61.6. The first-order valence-electron chi connectivity index (χ1n) is 10.5. The number of benzene rings is 2. The molecule has 0 N–H and O–H groups in total. The monoisotopic (exact) mass is 448 g/mol. The molecule has 5 rings (SSSR count). The zero-order chi connectivity index (χ0) is 22.6. The number of halogens is 4. The number of rotatable bonds is 2. The lowest BCUT2D eigenvalue weighted by atomic mass is 9.89. The van der Waals surface area contributed by atoms with E-state index in [1.54, 1.807) is 4.90 Å². The molecule has 5 nitrogen and oxygen atoms in total. The van der Waals surface area contributed by atoms with Gasteiger partial charge in [0, 0.05) is 32.0 Å². The van der Waals surface area contributed by atoms with E-state index in [1.807, 2.05) is 0 Å². The zero-order valence-electron chi connectivity index (χ0n) is 17.0. The second-order valence-corrected chi connectivity index (χ2v) is 8.46. The van der Waals surface area contributed by atoms with Crippen molar-refractivity contribution in [2.24, 2.45) is 0 Å². The van der Waals surface area contributed by atoms with E-state index in [9.17, 15) is 27.2 Å². The van der Waals surface area contributed by atoms with Crippen LogP contribution in [-0.4, -0.2) is 46.5 Å². The van der Waals surface area contributed by atoms with Crippen LogP contribution in [0.5, 0.6) is 0 Å². The minimum Gasteiger partial charge on any atom is -0.342 e. The van der Waals surface area contributed by atoms with E-state index in [2.05, 4.69) is 0 Å². The maximum Gasteiger partial charge on any atom is 0.259 e. The number of hydrogen-bond acceptors (Lipinski definition) is 3. The van der Waals surface area contributed by atoms with Crippen molar-refractivity contribution in [3.63, 3.8) is 0 Å². The summed E-state index contributed by atoms with van der Waals surface area (Å²) in [5.41, 5.74) is -1.39. The van der Waals surface area contributed by atoms with E-state index in [0.717, 1.165) is 18.2 Å². The molecule has 0 bridgehead atoms. The minimum absolute atomic E-state index is 0.0954. The van der Waals surface area contributed by atoms with E-state index < -0.39 is 52.6 Å². The highest BCUT2D eigenvalue weighted by molar-refractivity contribution is 5.95. The highest BCUT2D eigenvalue weighted by atomic mass is 19.1. The van der Waals surface area contributed by atoms with Gasteiger partial charge in [0.05, 0.1) is 6.04 Å². The topological polar surface area (TPSA) is 49.9 Å². The lowest BCUT2D eigenvalue weighted by Gasteiger charge is -2.37. The van der Waals surface area contributed by atoms with Gasteiger partial charge in [-0.2, -0.15) is 0 Å². The third-order valence-corrected chi connectivity index (χ3v) is 6.62. The molecule has 32 heavy (non-hydrogen) atoms. The van der Waals surface area contributed by atoms with Gasteiger partial charge in [-0.1, -0.05) is 6.07 Å². The summed E-state index contributed by atoms with van der Waals surface area (Å²) in [7, 11) is 0. The Kier molecular flexibility index (Phi) is 4.96. The predicted molar refractivity (Wildman–Crippen MR) is 104 cm³/mol. The summed E-state index contributed by atoms with van der Waals surface area (Å²) in [6.07, 6.45) is 0.881. The lowest BCUT2D eigenvalue weighted by Crippen LogP contribution is -2.51. The molecule has 3 saturated heterocycles. The number of ether oxygens (including phenoxy) is 1. The molecule has 2 aromatic carbocycles. The maximum atomic E-state index is 14.0. The van der Waals surface area contributed by atoms with Crippen LogP contribution in [-0.2, 0) is 9.53 Å². The lowest BCUT2D eigenvalue weighted by molar-refractivity contribution is -0.142. The maximum absolute atomic E-state index is 14.0. The molecule has 2 atom stereocenters. The molecular formula is C23H20F4N2O3. The summed E-state index contributed by atoms with van der Waals surface area (Å²) in [5.74, 6) is -4.34. The molecule has 0 aliphatic carbocycles. The van der Waals surface area contributed by atoms with Crippen molar-refractivity contribution in [1.29, 1.82) is 0 Å². The largest absolute Gasteiger partial charge is 0.342 e. The predicted octanol–water partition coefficient (Wildman–Crippen LogP) is 3.94. The Morgan fingerprint density at radius 1 is 0.969 bits per heavy atom.